The number of aromatic nitrogens is 3. The summed E-state index contributed by atoms with van der Waals surface area (Å²) in [6.07, 6.45) is -2.60. The van der Waals surface area contributed by atoms with Crippen molar-refractivity contribution < 1.29 is 8.78 Å². The number of pyridine rings is 1. The molecule has 1 atom stereocenters. The van der Waals surface area contributed by atoms with Crippen LogP contribution in [0.4, 0.5) is 8.78 Å². The highest BCUT2D eigenvalue weighted by Gasteiger charge is 2.21. The van der Waals surface area contributed by atoms with Crippen LogP contribution in [0.1, 0.15) is 26.1 Å². The Bertz CT molecular complexity index is 550. The number of halogens is 5. The van der Waals surface area contributed by atoms with Crippen molar-refractivity contribution in [3.05, 3.63) is 22.1 Å². The van der Waals surface area contributed by atoms with Gasteiger partial charge in [-0.05, 0) is 28.1 Å². The maximum atomic E-state index is 12.7. The Morgan fingerprint density at radius 3 is 2.44 bits per heavy atom. The molecule has 3 nitrogen and oxygen atoms in total. The zero-order valence-corrected chi connectivity index (χ0v) is 14.1. The highest BCUT2D eigenvalue weighted by molar-refractivity contribution is 14.2. The molecule has 0 amide bonds. The molecule has 2 rings (SSSR count). The minimum absolute atomic E-state index is 0.0570. The van der Waals surface area contributed by atoms with E-state index in [0.717, 1.165) is 0 Å². The molecule has 0 aliphatic heterocycles. The van der Waals surface area contributed by atoms with E-state index >= 15 is 0 Å². The van der Waals surface area contributed by atoms with E-state index in [1.54, 1.807) is 0 Å². The molecular weight excluding hydrogens is 417 g/mol. The zero-order chi connectivity index (χ0) is 13.9. The van der Waals surface area contributed by atoms with Crippen LogP contribution in [-0.2, 0) is 0 Å². The van der Waals surface area contributed by atoms with Crippen molar-refractivity contribution in [1.82, 2.24) is 14.3 Å². The van der Waals surface area contributed by atoms with Gasteiger partial charge in [-0.25, -0.2) is 18.7 Å². The monoisotopic (exact) mass is 425 g/mol. The Morgan fingerprint density at radius 1 is 1.33 bits per heavy atom. The summed E-state index contributed by atoms with van der Waals surface area (Å²) in [5.74, 6) is -0.334. The van der Waals surface area contributed by atoms with Crippen LogP contribution in [0.25, 0.3) is 11.2 Å². The fraction of sp³-hybridized carbons (Fsp3) is 0.333. The fourth-order valence-electron chi connectivity index (χ4n) is 1.23. The standard InChI is InChI=1S/C7H3Cl2F2IN3P.C2H6/c8-2-1-3(9)13-6-4(2)14-7(5(10)11)15(6)16-12;1-2/h1,5,16H;1-2H3. The molecule has 2 aromatic heterocycles. The highest BCUT2D eigenvalue weighted by Crippen LogP contribution is 2.37. The summed E-state index contributed by atoms with van der Waals surface area (Å²) in [6, 6.07) is 1.38. The van der Waals surface area contributed by atoms with Crippen LogP contribution in [0.2, 0.25) is 10.2 Å². The summed E-state index contributed by atoms with van der Waals surface area (Å²) in [4.78, 5) is 7.75. The Morgan fingerprint density at radius 2 is 1.94 bits per heavy atom. The maximum absolute atomic E-state index is 12.7. The Kier molecular flexibility index (Phi) is 6.44. The van der Waals surface area contributed by atoms with E-state index < -0.39 is 6.43 Å². The smallest absolute Gasteiger partial charge is 0.279 e. The van der Waals surface area contributed by atoms with Crippen LogP contribution in [-0.4, -0.2) is 14.3 Å². The van der Waals surface area contributed by atoms with Crippen LogP contribution in [0.15, 0.2) is 6.07 Å². The molecule has 0 spiro atoms. The van der Waals surface area contributed by atoms with E-state index in [4.69, 9.17) is 23.2 Å². The topological polar surface area (TPSA) is 30.7 Å². The van der Waals surface area contributed by atoms with Crippen molar-refractivity contribution in [1.29, 1.82) is 0 Å². The van der Waals surface area contributed by atoms with Gasteiger partial charge in [-0.3, -0.25) is 4.34 Å². The molecule has 9 heteroatoms. The van der Waals surface area contributed by atoms with E-state index in [0.29, 0.717) is 5.65 Å². The lowest BCUT2D eigenvalue weighted by atomic mass is 10.4. The van der Waals surface area contributed by atoms with Crippen molar-refractivity contribution in [2.24, 2.45) is 0 Å². The average Bonchev–Trinajstić information content (AvgIpc) is 2.70. The summed E-state index contributed by atoms with van der Waals surface area (Å²) < 4.78 is 26.7. The SMILES string of the molecule is CC.FC(F)c1nc2c(Cl)cc(Cl)nc2n1PI. The maximum Gasteiger partial charge on any atom is 0.295 e. The molecule has 0 aliphatic rings. The molecule has 0 aliphatic carbocycles. The molecule has 2 aromatic rings. The van der Waals surface area contributed by atoms with Gasteiger partial charge in [-0.15, -0.1) is 0 Å². The first-order valence-corrected chi connectivity index (χ1v) is 9.75. The first-order valence-electron chi connectivity index (χ1n) is 4.93. The second kappa shape index (κ2) is 7.12. The van der Waals surface area contributed by atoms with Gasteiger partial charge in [0, 0.05) is 0 Å². The van der Waals surface area contributed by atoms with Gasteiger partial charge >= 0.3 is 0 Å². The summed E-state index contributed by atoms with van der Waals surface area (Å²) in [5, 5.41) is 0.388. The number of alkyl halides is 2. The molecule has 0 aromatic carbocycles. The molecule has 0 radical (unpaired) electrons. The van der Waals surface area contributed by atoms with Gasteiger partial charge in [0.05, 0.1) is 11.4 Å². The third-order valence-corrected chi connectivity index (χ3v) is 4.38. The number of nitrogens with zero attached hydrogens (tertiary/aromatic N) is 3. The van der Waals surface area contributed by atoms with Crippen molar-refractivity contribution in [2.45, 2.75) is 20.3 Å². The first kappa shape index (κ1) is 16.3. The lowest BCUT2D eigenvalue weighted by Gasteiger charge is -2.02. The predicted molar refractivity (Wildman–Crippen MR) is 81.6 cm³/mol. The zero-order valence-electron chi connectivity index (χ0n) is 9.39. The fourth-order valence-corrected chi connectivity index (χ4v) is 3.60. The van der Waals surface area contributed by atoms with E-state index in [9.17, 15) is 8.78 Å². The summed E-state index contributed by atoms with van der Waals surface area (Å²) in [5.41, 5.74) is 0.547. The second-order valence-electron chi connectivity index (χ2n) is 2.79. The van der Waals surface area contributed by atoms with Gasteiger partial charge in [-0.1, -0.05) is 37.0 Å². The van der Waals surface area contributed by atoms with E-state index in [1.165, 1.54) is 10.4 Å². The van der Waals surface area contributed by atoms with Crippen molar-refractivity contribution in [3.8, 4) is 0 Å². The molecule has 0 bridgehead atoms. The number of rotatable bonds is 2. The van der Waals surface area contributed by atoms with Gasteiger partial charge in [-0.2, -0.15) is 0 Å². The van der Waals surface area contributed by atoms with Crippen LogP contribution in [0.5, 0.6) is 0 Å². The minimum Gasteiger partial charge on any atom is -0.279 e. The lowest BCUT2D eigenvalue weighted by molar-refractivity contribution is 0.140. The van der Waals surface area contributed by atoms with E-state index in [-0.39, 0.29) is 27.9 Å². The molecule has 0 N–H and O–H groups in total. The van der Waals surface area contributed by atoms with Gasteiger partial charge < -0.3 is 0 Å². The van der Waals surface area contributed by atoms with Crippen molar-refractivity contribution in [2.75, 3.05) is 0 Å². The Hall–Kier alpha value is 0.220. The quantitative estimate of drug-likeness (QED) is 0.361. The molecule has 2 heterocycles. The Labute approximate surface area is 128 Å². The van der Waals surface area contributed by atoms with Crippen molar-refractivity contribution >= 4 is 62.8 Å². The number of hydrogen-bond donors (Lipinski definition) is 0. The van der Waals surface area contributed by atoms with Gasteiger partial charge in [0.2, 0.25) is 0 Å². The number of fused-ring (bicyclic) bond motifs is 1. The molecule has 0 saturated heterocycles. The lowest BCUT2D eigenvalue weighted by Crippen LogP contribution is -1.94. The van der Waals surface area contributed by atoms with Gasteiger partial charge in [0.25, 0.3) is 6.43 Å². The normalized spacial score (nSPS) is 11.3. The van der Waals surface area contributed by atoms with Crippen molar-refractivity contribution in [3.63, 3.8) is 0 Å². The first-order chi connectivity index (χ1) is 8.54. The van der Waals surface area contributed by atoms with Crippen LogP contribution in [0, 0.1) is 0 Å². The predicted octanol–water partition coefficient (Wildman–Crippen LogP) is 5.49. The number of hydrogen-bond acceptors (Lipinski definition) is 2. The highest BCUT2D eigenvalue weighted by atomic mass is 127. The minimum atomic E-state index is -2.66. The van der Waals surface area contributed by atoms with E-state index in [1.807, 2.05) is 35.9 Å². The molecule has 0 fully saturated rings. The molecular formula is C9H9Cl2F2IN3P. The molecule has 1 unspecified atom stereocenters. The largest absolute Gasteiger partial charge is 0.295 e. The molecule has 100 valence electrons. The third kappa shape index (κ3) is 3.21. The summed E-state index contributed by atoms with van der Waals surface area (Å²) in [6.45, 7) is 4.00. The summed E-state index contributed by atoms with van der Waals surface area (Å²) >= 11 is 13.6. The number of imidazole rings is 1. The average molecular weight is 426 g/mol. The van der Waals surface area contributed by atoms with E-state index in [2.05, 4.69) is 9.97 Å². The van der Waals surface area contributed by atoms with Crippen LogP contribution in [0.3, 0.4) is 0 Å². The molecule has 18 heavy (non-hydrogen) atoms. The van der Waals surface area contributed by atoms with Crippen LogP contribution < -0.4 is 0 Å². The van der Waals surface area contributed by atoms with Gasteiger partial charge in [0.15, 0.2) is 11.5 Å². The van der Waals surface area contributed by atoms with Gasteiger partial charge in [0.1, 0.15) is 10.7 Å². The molecule has 0 saturated carbocycles. The Balaban J connectivity index is 0.000000771. The third-order valence-electron chi connectivity index (χ3n) is 1.84. The second-order valence-corrected chi connectivity index (χ2v) is 5.65. The van der Waals surface area contributed by atoms with Crippen LogP contribution >= 0.6 is 51.6 Å². The summed E-state index contributed by atoms with van der Waals surface area (Å²) in [7, 11) is 0.